The topological polar surface area (TPSA) is 97.2 Å². The van der Waals surface area contributed by atoms with Crippen molar-refractivity contribution in [3.05, 3.63) is 77.3 Å². The second-order valence-electron chi connectivity index (χ2n) is 8.41. The lowest BCUT2D eigenvalue weighted by Gasteiger charge is -2.25. The molecule has 35 heavy (non-hydrogen) atoms. The lowest BCUT2D eigenvalue weighted by Crippen LogP contribution is -2.35. The molecule has 1 aliphatic heterocycles. The fourth-order valence-electron chi connectivity index (χ4n) is 4.06. The number of anilines is 1. The molecule has 0 saturated carbocycles. The van der Waals surface area contributed by atoms with Gasteiger partial charge in [-0.3, -0.25) is 4.79 Å². The smallest absolute Gasteiger partial charge is 0.256 e. The number of benzene rings is 2. The number of carbonyl (C=O) groups is 1. The Hall–Kier alpha value is -3.34. The van der Waals surface area contributed by atoms with E-state index >= 15 is 0 Å². The highest BCUT2D eigenvalue weighted by atomic mass is 32.2. The van der Waals surface area contributed by atoms with Crippen LogP contribution >= 0.6 is 11.3 Å². The number of aryl methyl sites for hydroxylation is 1. The average Bonchev–Trinajstić information content (AvgIpc) is 3.52. The Balaban J connectivity index is 1.34. The monoisotopic (exact) mass is 507 g/mol. The van der Waals surface area contributed by atoms with Gasteiger partial charge in [-0.25, -0.2) is 13.4 Å². The number of piperidine rings is 1. The van der Waals surface area contributed by atoms with E-state index in [0.717, 1.165) is 36.2 Å². The molecule has 3 heterocycles. The Labute approximate surface area is 208 Å². The minimum absolute atomic E-state index is 0.202. The second-order valence-corrected chi connectivity index (χ2v) is 11.2. The van der Waals surface area contributed by atoms with E-state index in [9.17, 15) is 13.2 Å². The Morgan fingerprint density at radius 2 is 1.71 bits per heavy atom. The van der Waals surface area contributed by atoms with Crippen LogP contribution in [-0.4, -0.2) is 46.5 Å². The van der Waals surface area contributed by atoms with E-state index in [1.54, 1.807) is 10.7 Å². The molecule has 0 unspecified atom stereocenters. The van der Waals surface area contributed by atoms with Gasteiger partial charge in [-0.05, 0) is 44.0 Å². The Bertz CT molecular complexity index is 1440. The van der Waals surface area contributed by atoms with Gasteiger partial charge in [-0.2, -0.15) is 14.1 Å². The largest absolute Gasteiger partial charge is 0.306 e. The highest BCUT2D eigenvalue weighted by molar-refractivity contribution is 7.89. The lowest BCUT2D eigenvalue weighted by molar-refractivity contribution is 0.102. The van der Waals surface area contributed by atoms with Gasteiger partial charge in [0.05, 0.1) is 16.3 Å². The number of nitrogens with zero attached hydrogens (tertiary/aromatic N) is 4. The van der Waals surface area contributed by atoms with E-state index in [2.05, 4.69) is 15.4 Å². The van der Waals surface area contributed by atoms with Crippen LogP contribution in [0, 0.1) is 6.92 Å². The Morgan fingerprint density at radius 3 is 2.43 bits per heavy atom. The number of hydrogen-bond acceptors (Lipinski definition) is 6. The van der Waals surface area contributed by atoms with Crippen molar-refractivity contribution < 1.29 is 13.2 Å². The normalized spacial score (nSPS) is 14.7. The standard InChI is InChI=1S/C25H25N5O3S2/c1-18-16-23(30(28-18)25-26-22(17-34-25)19-8-4-2-5-9-19)27-24(31)20-10-12-21(13-11-20)35(32,33)29-14-6-3-7-15-29/h2,4-5,8-13,16-17H,3,6-7,14-15H2,1H3,(H,27,31). The van der Waals surface area contributed by atoms with Crippen LogP contribution in [0.25, 0.3) is 16.4 Å². The fourth-order valence-corrected chi connectivity index (χ4v) is 6.37. The quantitative estimate of drug-likeness (QED) is 0.407. The fraction of sp³-hybridized carbons (Fsp3) is 0.240. The molecular weight excluding hydrogens is 482 g/mol. The van der Waals surface area contributed by atoms with E-state index in [4.69, 9.17) is 0 Å². The molecular formula is C25H25N5O3S2. The predicted octanol–water partition coefficient (Wildman–Crippen LogP) is 4.73. The number of aromatic nitrogens is 3. The maximum absolute atomic E-state index is 13.0. The highest BCUT2D eigenvalue weighted by Gasteiger charge is 2.26. The highest BCUT2D eigenvalue weighted by Crippen LogP contribution is 2.27. The van der Waals surface area contributed by atoms with Gasteiger partial charge in [0.2, 0.25) is 15.2 Å². The van der Waals surface area contributed by atoms with E-state index in [0.29, 0.717) is 29.6 Å². The zero-order valence-corrected chi connectivity index (χ0v) is 20.8. The number of nitrogens with one attached hydrogen (secondary N) is 1. The van der Waals surface area contributed by atoms with Gasteiger partial charge >= 0.3 is 0 Å². The number of hydrogen-bond donors (Lipinski definition) is 1. The van der Waals surface area contributed by atoms with Gasteiger partial charge in [-0.1, -0.05) is 36.8 Å². The second kappa shape index (κ2) is 9.73. The van der Waals surface area contributed by atoms with Crippen molar-refractivity contribution in [1.82, 2.24) is 19.1 Å². The maximum atomic E-state index is 13.0. The third-order valence-corrected chi connectivity index (χ3v) is 8.61. The molecule has 0 spiro atoms. The summed E-state index contributed by atoms with van der Waals surface area (Å²) >= 11 is 1.43. The average molecular weight is 508 g/mol. The molecule has 180 valence electrons. The van der Waals surface area contributed by atoms with Crippen molar-refractivity contribution in [1.29, 1.82) is 0 Å². The van der Waals surface area contributed by atoms with E-state index in [1.165, 1.54) is 39.9 Å². The van der Waals surface area contributed by atoms with Crippen LogP contribution < -0.4 is 5.32 Å². The van der Waals surface area contributed by atoms with Crippen molar-refractivity contribution in [3.8, 4) is 16.4 Å². The summed E-state index contributed by atoms with van der Waals surface area (Å²) in [5, 5.41) is 9.97. The van der Waals surface area contributed by atoms with Gasteiger partial charge in [0, 0.05) is 35.7 Å². The van der Waals surface area contributed by atoms with E-state index in [-0.39, 0.29) is 10.8 Å². The zero-order valence-electron chi connectivity index (χ0n) is 19.2. The first kappa shape index (κ1) is 23.4. The summed E-state index contributed by atoms with van der Waals surface area (Å²) in [6.45, 7) is 2.92. The van der Waals surface area contributed by atoms with E-state index < -0.39 is 10.0 Å². The Kier molecular flexibility index (Phi) is 6.50. The molecule has 1 saturated heterocycles. The van der Waals surface area contributed by atoms with Crippen LogP contribution in [0.2, 0.25) is 0 Å². The van der Waals surface area contributed by atoms with Crippen LogP contribution in [-0.2, 0) is 10.0 Å². The Morgan fingerprint density at radius 1 is 1.00 bits per heavy atom. The molecule has 2 aromatic heterocycles. The number of thiazole rings is 1. The van der Waals surface area contributed by atoms with Crippen molar-refractivity contribution in [2.24, 2.45) is 0 Å². The van der Waals surface area contributed by atoms with Crippen LogP contribution in [0.3, 0.4) is 0 Å². The third kappa shape index (κ3) is 4.90. The van der Waals surface area contributed by atoms with Gasteiger partial charge < -0.3 is 5.32 Å². The van der Waals surface area contributed by atoms with Crippen molar-refractivity contribution >= 4 is 33.1 Å². The first-order chi connectivity index (χ1) is 16.9. The molecule has 5 rings (SSSR count). The predicted molar refractivity (Wildman–Crippen MR) is 136 cm³/mol. The summed E-state index contributed by atoms with van der Waals surface area (Å²) in [5.74, 6) is 0.138. The molecule has 0 atom stereocenters. The molecule has 4 aromatic rings. The van der Waals surface area contributed by atoms with Crippen molar-refractivity contribution in [2.45, 2.75) is 31.1 Å². The summed E-state index contributed by atoms with van der Waals surface area (Å²) in [6, 6.07) is 17.7. The van der Waals surface area contributed by atoms with E-state index in [1.807, 2.05) is 42.6 Å². The minimum Gasteiger partial charge on any atom is -0.306 e. The van der Waals surface area contributed by atoms with Crippen molar-refractivity contribution in [3.63, 3.8) is 0 Å². The minimum atomic E-state index is -3.54. The summed E-state index contributed by atoms with van der Waals surface area (Å²) < 4.78 is 28.9. The van der Waals surface area contributed by atoms with Crippen LogP contribution in [0.4, 0.5) is 5.82 Å². The molecule has 1 aliphatic rings. The summed E-state index contributed by atoms with van der Waals surface area (Å²) in [6.07, 6.45) is 2.80. The molecule has 8 nitrogen and oxygen atoms in total. The number of carbonyl (C=O) groups excluding carboxylic acids is 1. The molecule has 10 heteroatoms. The van der Waals surface area contributed by atoms with Crippen LogP contribution in [0.15, 0.2) is 70.9 Å². The van der Waals surface area contributed by atoms with Gasteiger partial charge in [0.25, 0.3) is 5.91 Å². The number of sulfonamides is 1. The summed E-state index contributed by atoms with van der Waals surface area (Å²) in [5.41, 5.74) is 2.93. The van der Waals surface area contributed by atoms with Crippen LogP contribution in [0.5, 0.6) is 0 Å². The maximum Gasteiger partial charge on any atom is 0.256 e. The zero-order chi connectivity index (χ0) is 24.4. The SMILES string of the molecule is Cc1cc(NC(=O)c2ccc(S(=O)(=O)N3CCCCC3)cc2)n(-c2nc(-c3ccccc3)cs2)n1. The lowest BCUT2D eigenvalue weighted by atomic mass is 10.2. The summed E-state index contributed by atoms with van der Waals surface area (Å²) in [7, 11) is -3.54. The number of rotatable bonds is 6. The molecule has 2 aromatic carbocycles. The van der Waals surface area contributed by atoms with Gasteiger partial charge in [-0.15, -0.1) is 11.3 Å². The van der Waals surface area contributed by atoms with Crippen LogP contribution in [0.1, 0.15) is 35.3 Å². The molecule has 0 aliphatic carbocycles. The molecule has 1 fully saturated rings. The molecule has 1 amide bonds. The third-order valence-electron chi connectivity index (χ3n) is 5.89. The molecule has 0 bridgehead atoms. The number of amides is 1. The first-order valence-electron chi connectivity index (χ1n) is 11.4. The van der Waals surface area contributed by atoms with Gasteiger partial charge in [0.1, 0.15) is 5.82 Å². The van der Waals surface area contributed by atoms with Gasteiger partial charge in [0.15, 0.2) is 0 Å². The summed E-state index contributed by atoms with van der Waals surface area (Å²) in [4.78, 5) is 17.9. The molecule has 1 N–H and O–H groups in total. The molecule has 0 radical (unpaired) electrons. The van der Waals surface area contributed by atoms with Crippen molar-refractivity contribution in [2.75, 3.05) is 18.4 Å². The first-order valence-corrected chi connectivity index (χ1v) is 13.7.